The molecule has 6 nitrogen and oxygen atoms in total. The van der Waals surface area contributed by atoms with E-state index in [1.807, 2.05) is 24.3 Å². The van der Waals surface area contributed by atoms with Crippen LogP contribution in [0.4, 0.5) is 24.8 Å². The van der Waals surface area contributed by atoms with E-state index in [2.05, 4.69) is 25.6 Å². The molecule has 0 fully saturated rings. The summed E-state index contributed by atoms with van der Waals surface area (Å²) < 4.78 is 38.7. The van der Waals surface area contributed by atoms with Gasteiger partial charge < -0.3 is 15.6 Å². The van der Waals surface area contributed by atoms with E-state index in [1.54, 1.807) is 25.4 Å². The third kappa shape index (κ3) is 4.66. The highest BCUT2D eigenvalue weighted by Crippen LogP contribution is 2.31. The van der Waals surface area contributed by atoms with Crippen LogP contribution in [0, 0.1) is 0 Å². The van der Waals surface area contributed by atoms with Gasteiger partial charge in [0.15, 0.2) is 0 Å². The molecular formula is C22H18F3N5O. The van der Waals surface area contributed by atoms with Crippen molar-refractivity contribution >= 4 is 28.6 Å². The second-order valence-electron chi connectivity index (χ2n) is 6.95. The topological polar surface area (TPSA) is 82.7 Å². The lowest BCUT2D eigenvalue weighted by atomic mass is 10.0. The number of rotatable bonds is 5. The quantitative estimate of drug-likeness (QED) is 0.434. The summed E-state index contributed by atoms with van der Waals surface area (Å²) in [7, 11) is 1.55. The van der Waals surface area contributed by atoms with Crippen molar-refractivity contribution in [2.45, 2.75) is 12.6 Å². The van der Waals surface area contributed by atoms with Crippen molar-refractivity contribution in [3.8, 4) is 0 Å². The normalized spacial score (nSPS) is 11.5. The maximum atomic E-state index is 12.9. The summed E-state index contributed by atoms with van der Waals surface area (Å²) in [4.78, 5) is 23.3. The van der Waals surface area contributed by atoms with E-state index >= 15 is 0 Å². The van der Waals surface area contributed by atoms with Crippen LogP contribution in [-0.2, 0) is 12.6 Å². The third-order valence-corrected chi connectivity index (χ3v) is 4.69. The van der Waals surface area contributed by atoms with Gasteiger partial charge >= 0.3 is 6.18 Å². The SMILES string of the molecule is CNC(=O)c1cc(Cc2ccc3nc(Nc4cccc(C(F)(F)F)c4)[nH]c3c2)ccn1. The molecular weight excluding hydrogens is 407 g/mol. The summed E-state index contributed by atoms with van der Waals surface area (Å²) in [6, 6.07) is 14.2. The van der Waals surface area contributed by atoms with Crippen molar-refractivity contribution < 1.29 is 18.0 Å². The summed E-state index contributed by atoms with van der Waals surface area (Å²) in [6.45, 7) is 0. The Balaban J connectivity index is 1.54. The average molecular weight is 425 g/mol. The number of H-pyrrole nitrogens is 1. The van der Waals surface area contributed by atoms with Gasteiger partial charge in [0, 0.05) is 18.9 Å². The zero-order valence-corrected chi connectivity index (χ0v) is 16.4. The first-order chi connectivity index (χ1) is 14.8. The number of alkyl halides is 3. The largest absolute Gasteiger partial charge is 0.416 e. The van der Waals surface area contributed by atoms with E-state index in [-0.39, 0.29) is 11.6 Å². The molecule has 0 saturated carbocycles. The standard InChI is InChI=1S/C22H18F3N5O/c1-26-20(31)19-11-14(7-8-27-19)9-13-5-6-17-18(10-13)30-21(29-17)28-16-4-2-3-15(12-16)22(23,24)25/h2-8,10-12H,9H2,1H3,(H,26,31)(H2,28,29,30). The Morgan fingerprint density at radius 1 is 1.06 bits per heavy atom. The molecule has 1 amide bonds. The number of carbonyl (C=O) groups is 1. The fraction of sp³-hybridized carbons (Fsp3) is 0.136. The number of anilines is 2. The molecule has 4 rings (SSSR count). The van der Waals surface area contributed by atoms with Crippen LogP contribution in [0.3, 0.4) is 0 Å². The number of nitrogens with one attached hydrogen (secondary N) is 3. The molecule has 4 aromatic rings. The van der Waals surface area contributed by atoms with Crippen molar-refractivity contribution in [1.29, 1.82) is 0 Å². The first-order valence-corrected chi connectivity index (χ1v) is 9.42. The van der Waals surface area contributed by atoms with Crippen LogP contribution in [0.15, 0.2) is 60.8 Å². The van der Waals surface area contributed by atoms with Crippen molar-refractivity contribution in [2.75, 3.05) is 12.4 Å². The van der Waals surface area contributed by atoms with Crippen molar-refractivity contribution in [1.82, 2.24) is 20.3 Å². The monoisotopic (exact) mass is 425 g/mol. The number of carbonyl (C=O) groups excluding carboxylic acids is 1. The second-order valence-corrected chi connectivity index (χ2v) is 6.95. The van der Waals surface area contributed by atoms with E-state index in [9.17, 15) is 18.0 Å². The molecule has 9 heteroatoms. The molecule has 3 N–H and O–H groups in total. The molecule has 0 aliphatic heterocycles. The Kier molecular flexibility index (Phi) is 5.33. The highest BCUT2D eigenvalue weighted by molar-refractivity contribution is 5.92. The lowest BCUT2D eigenvalue weighted by molar-refractivity contribution is -0.137. The Morgan fingerprint density at radius 2 is 1.87 bits per heavy atom. The number of amides is 1. The zero-order valence-electron chi connectivity index (χ0n) is 16.4. The minimum atomic E-state index is -4.41. The first-order valence-electron chi connectivity index (χ1n) is 9.42. The summed E-state index contributed by atoms with van der Waals surface area (Å²) in [5.41, 5.74) is 3.23. The van der Waals surface area contributed by atoms with Gasteiger partial charge in [-0.15, -0.1) is 0 Å². The number of halogens is 3. The minimum Gasteiger partial charge on any atom is -0.354 e. The molecule has 0 aliphatic rings. The molecule has 2 heterocycles. The van der Waals surface area contributed by atoms with Gasteiger partial charge in [-0.05, 0) is 60.0 Å². The first kappa shape index (κ1) is 20.4. The number of benzene rings is 2. The minimum absolute atomic E-state index is 0.254. The number of fused-ring (bicyclic) bond motifs is 1. The molecule has 31 heavy (non-hydrogen) atoms. The van der Waals surface area contributed by atoms with Crippen LogP contribution in [-0.4, -0.2) is 27.9 Å². The van der Waals surface area contributed by atoms with E-state index in [1.165, 1.54) is 6.07 Å². The van der Waals surface area contributed by atoms with Crippen LogP contribution < -0.4 is 10.6 Å². The summed E-state index contributed by atoms with van der Waals surface area (Å²) in [5, 5.41) is 5.43. The van der Waals surface area contributed by atoms with Crippen molar-refractivity contribution in [2.24, 2.45) is 0 Å². The Morgan fingerprint density at radius 3 is 2.65 bits per heavy atom. The zero-order chi connectivity index (χ0) is 22.0. The predicted octanol–water partition coefficient (Wildman–Crippen LogP) is 4.67. The van der Waals surface area contributed by atoms with Crippen LogP contribution in [0.2, 0.25) is 0 Å². The van der Waals surface area contributed by atoms with Crippen LogP contribution in [0.5, 0.6) is 0 Å². The molecule has 2 aromatic carbocycles. The van der Waals surface area contributed by atoms with Gasteiger partial charge in [-0.2, -0.15) is 13.2 Å². The van der Waals surface area contributed by atoms with Gasteiger partial charge in [0.25, 0.3) is 5.91 Å². The Hall–Kier alpha value is -3.88. The van der Waals surface area contributed by atoms with Crippen LogP contribution >= 0.6 is 0 Å². The average Bonchev–Trinajstić information content (AvgIpc) is 3.14. The fourth-order valence-electron chi connectivity index (χ4n) is 3.21. The number of hydrogen-bond acceptors (Lipinski definition) is 4. The predicted molar refractivity (Wildman–Crippen MR) is 111 cm³/mol. The van der Waals surface area contributed by atoms with E-state index in [0.717, 1.165) is 28.8 Å². The highest BCUT2D eigenvalue weighted by Gasteiger charge is 2.30. The van der Waals surface area contributed by atoms with E-state index in [0.29, 0.717) is 23.6 Å². The number of nitrogens with zero attached hydrogens (tertiary/aromatic N) is 2. The molecule has 2 aromatic heterocycles. The number of imidazole rings is 1. The fourth-order valence-corrected chi connectivity index (χ4v) is 3.21. The number of hydrogen-bond donors (Lipinski definition) is 3. The van der Waals surface area contributed by atoms with Gasteiger partial charge in [0.1, 0.15) is 5.69 Å². The molecule has 0 radical (unpaired) electrons. The smallest absolute Gasteiger partial charge is 0.354 e. The van der Waals surface area contributed by atoms with Crippen LogP contribution in [0.25, 0.3) is 11.0 Å². The summed E-state index contributed by atoms with van der Waals surface area (Å²) in [5.74, 6) is 0.0912. The second kappa shape index (κ2) is 8.10. The maximum absolute atomic E-state index is 12.9. The van der Waals surface area contributed by atoms with Gasteiger partial charge in [-0.3, -0.25) is 9.78 Å². The number of aromatic nitrogens is 3. The van der Waals surface area contributed by atoms with Gasteiger partial charge in [0.2, 0.25) is 5.95 Å². The highest BCUT2D eigenvalue weighted by atomic mass is 19.4. The van der Waals surface area contributed by atoms with E-state index < -0.39 is 11.7 Å². The molecule has 0 saturated heterocycles. The van der Waals surface area contributed by atoms with Gasteiger partial charge in [-0.1, -0.05) is 12.1 Å². The van der Waals surface area contributed by atoms with Crippen molar-refractivity contribution in [3.63, 3.8) is 0 Å². The van der Waals surface area contributed by atoms with Gasteiger partial charge in [0.05, 0.1) is 16.6 Å². The third-order valence-electron chi connectivity index (χ3n) is 4.69. The molecule has 0 atom stereocenters. The van der Waals surface area contributed by atoms with Crippen LogP contribution in [0.1, 0.15) is 27.2 Å². The number of aromatic amines is 1. The Bertz CT molecular complexity index is 1250. The molecule has 0 unspecified atom stereocenters. The van der Waals surface area contributed by atoms with Gasteiger partial charge in [-0.25, -0.2) is 4.98 Å². The molecule has 0 spiro atoms. The molecule has 158 valence electrons. The summed E-state index contributed by atoms with van der Waals surface area (Å²) >= 11 is 0. The maximum Gasteiger partial charge on any atom is 0.416 e. The van der Waals surface area contributed by atoms with Crippen molar-refractivity contribution in [3.05, 3.63) is 83.2 Å². The number of pyridine rings is 1. The lowest BCUT2D eigenvalue weighted by Crippen LogP contribution is -2.19. The molecule has 0 bridgehead atoms. The van der Waals surface area contributed by atoms with E-state index in [4.69, 9.17) is 0 Å². The lowest BCUT2D eigenvalue weighted by Gasteiger charge is -2.08. The summed E-state index contributed by atoms with van der Waals surface area (Å²) in [6.07, 6.45) is -2.24. The molecule has 0 aliphatic carbocycles. The Labute approximate surface area is 175 Å².